The maximum Gasteiger partial charge on any atom is 0.272 e. The van der Waals surface area contributed by atoms with Crippen LogP contribution in [0.2, 0.25) is 0 Å². The molecule has 1 N–H and O–H groups in total. The minimum absolute atomic E-state index is 0.00130. The number of anilines is 2. The van der Waals surface area contributed by atoms with Crippen LogP contribution in [-0.4, -0.2) is 64.2 Å². The van der Waals surface area contributed by atoms with Gasteiger partial charge in [-0.1, -0.05) is 6.07 Å². The Morgan fingerprint density at radius 2 is 1.82 bits per heavy atom. The summed E-state index contributed by atoms with van der Waals surface area (Å²) in [6.07, 6.45) is 5.67. The van der Waals surface area contributed by atoms with Crippen molar-refractivity contribution in [2.75, 3.05) is 36.4 Å². The second-order valence-electron chi connectivity index (χ2n) is 8.21. The number of nitrogens with one attached hydrogen (secondary N) is 1. The Hall–Kier alpha value is -4.01. The number of aromatic nitrogens is 3. The first kappa shape index (κ1) is 20.9. The van der Waals surface area contributed by atoms with Crippen molar-refractivity contribution in [3.8, 4) is 5.75 Å². The van der Waals surface area contributed by atoms with E-state index in [-0.39, 0.29) is 23.8 Å². The molecule has 2 amide bonds. The van der Waals surface area contributed by atoms with E-state index in [2.05, 4.69) is 25.4 Å². The van der Waals surface area contributed by atoms with E-state index in [0.29, 0.717) is 37.6 Å². The van der Waals surface area contributed by atoms with Crippen molar-refractivity contribution < 1.29 is 14.3 Å². The molecule has 1 atom stereocenters. The molecule has 33 heavy (non-hydrogen) atoms. The summed E-state index contributed by atoms with van der Waals surface area (Å²) in [5, 5.41) is 10.6. The normalized spacial score (nSPS) is 18.0. The Morgan fingerprint density at radius 1 is 0.970 bits per heavy atom. The van der Waals surface area contributed by atoms with Crippen LogP contribution in [-0.2, 0) is 4.79 Å². The minimum Gasteiger partial charge on any atom is -0.489 e. The summed E-state index contributed by atoms with van der Waals surface area (Å²) in [5.74, 6) is 0.580. The predicted octanol–water partition coefficient (Wildman–Crippen LogP) is 2.24. The first-order chi connectivity index (χ1) is 16.2. The highest BCUT2D eigenvalue weighted by atomic mass is 16.5. The Morgan fingerprint density at radius 3 is 2.55 bits per heavy atom. The Kier molecular flexibility index (Phi) is 5.84. The van der Waals surface area contributed by atoms with Gasteiger partial charge in [-0.15, -0.1) is 0 Å². The average Bonchev–Trinajstić information content (AvgIpc) is 3.29. The fourth-order valence-electron chi connectivity index (χ4n) is 4.04. The summed E-state index contributed by atoms with van der Waals surface area (Å²) in [6.45, 7) is 2.49. The summed E-state index contributed by atoms with van der Waals surface area (Å²) < 4.78 is 6.05. The van der Waals surface area contributed by atoms with E-state index in [1.807, 2.05) is 36.4 Å². The van der Waals surface area contributed by atoms with Crippen LogP contribution in [0.25, 0.3) is 0 Å². The number of nitrogens with zero attached hydrogens (tertiary/aromatic N) is 5. The van der Waals surface area contributed by atoms with Gasteiger partial charge in [0.05, 0.1) is 30.5 Å². The Bertz CT molecular complexity index is 1100. The van der Waals surface area contributed by atoms with E-state index >= 15 is 0 Å². The largest absolute Gasteiger partial charge is 0.489 e. The summed E-state index contributed by atoms with van der Waals surface area (Å²) in [7, 11) is 0. The SMILES string of the molecule is O=C(Nc1ccc(O[C@@H]2CCN(C(=O)c3ccccn3)C2)cc1)C1CN(c2ccnnc2)C1. The van der Waals surface area contributed by atoms with Gasteiger partial charge in [0.2, 0.25) is 5.91 Å². The number of rotatable bonds is 6. The van der Waals surface area contributed by atoms with Gasteiger partial charge in [-0.25, -0.2) is 0 Å². The number of amides is 2. The van der Waals surface area contributed by atoms with E-state index in [1.165, 1.54) is 0 Å². The number of likely N-dealkylation sites (tertiary alicyclic amines) is 1. The highest BCUT2D eigenvalue weighted by molar-refractivity contribution is 5.94. The molecule has 1 aromatic carbocycles. The van der Waals surface area contributed by atoms with Crippen LogP contribution in [0.3, 0.4) is 0 Å². The molecule has 2 aliphatic rings. The summed E-state index contributed by atoms with van der Waals surface area (Å²) in [6, 6.07) is 14.6. The zero-order valence-corrected chi connectivity index (χ0v) is 18.0. The number of carbonyl (C=O) groups excluding carboxylic acids is 2. The molecule has 0 saturated carbocycles. The van der Waals surface area contributed by atoms with Gasteiger partial charge in [0, 0.05) is 37.9 Å². The van der Waals surface area contributed by atoms with Gasteiger partial charge in [0.25, 0.3) is 5.91 Å². The highest BCUT2D eigenvalue weighted by Gasteiger charge is 2.33. The summed E-state index contributed by atoms with van der Waals surface area (Å²) >= 11 is 0. The third-order valence-corrected chi connectivity index (χ3v) is 5.93. The second kappa shape index (κ2) is 9.23. The molecule has 2 saturated heterocycles. The lowest BCUT2D eigenvalue weighted by molar-refractivity contribution is -0.120. The van der Waals surface area contributed by atoms with Crippen molar-refractivity contribution in [3.05, 3.63) is 72.8 Å². The molecule has 2 aliphatic heterocycles. The molecule has 0 unspecified atom stereocenters. The van der Waals surface area contributed by atoms with Gasteiger partial charge in [-0.05, 0) is 42.5 Å². The first-order valence-corrected chi connectivity index (χ1v) is 11.0. The van der Waals surface area contributed by atoms with Crippen LogP contribution in [0.4, 0.5) is 11.4 Å². The smallest absolute Gasteiger partial charge is 0.272 e. The molecule has 0 spiro atoms. The number of carbonyl (C=O) groups is 2. The topological polar surface area (TPSA) is 101 Å². The predicted molar refractivity (Wildman–Crippen MR) is 122 cm³/mol. The Labute approximate surface area is 191 Å². The summed E-state index contributed by atoms with van der Waals surface area (Å²) in [4.78, 5) is 33.0. The standard InChI is InChI=1S/C24H24N6O3/c31-23(17-14-30(15-17)19-8-11-26-27-13-19)28-18-4-6-20(7-5-18)33-21-9-12-29(16-21)24(32)22-3-1-2-10-25-22/h1-8,10-11,13,17,21H,9,12,14-16H2,(H,28,31)/t21-/m1/s1. The lowest BCUT2D eigenvalue weighted by Crippen LogP contribution is -2.52. The third-order valence-electron chi connectivity index (χ3n) is 5.93. The maximum atomic E-state index is 12.5. The molecule has 2 aromatic heterocycles. The van der Waals surface area contributed by atoms with Crippen molar-refractivity contribution in [1.29, 1.82) is 0 Å². The molecule has 0 aliphatic carbocycles. The van der Waals surface area contributed by atoms with Crippen LogP contribution in [0.1, 0.15) is 16.9 Å². The van der Waals surface area contributed by atoms with Gasteiger partial charge in [0.15, 0.2) is 0 Å². The zero-order chi connectivity index (χ0) is 22.6. The molecule has 2 fully saturated rings. The fraction of sp³-hybridized carbons (Fsp3) is 0.292. The quantitative estimate of drug-likeness (QED) is 0.622. The third kappa shape index (κ3) is 4.77. The minimum atomic E-state index is -0.0745. The molecule has 168 valence electrons. The van der Waals surface area contributed by atoms with Crippen LogP contribution in [0.15, 0.2) is 67.1 Å². The van der Waals surface area contributed by atoms with E-state index in [4.69, 9.17) is 4.74 Å². The maximum absolute atomic E-state index is 12.5. The fourth-order valence-corrected chi connectivity index (χ4v) is 4.04. The number of pyridine rings is 1. The molecular weight excluding hydrogens is 420 g/mol. The highest BCUT2D eigenvalue weighted by Crippen LogP contribution is 2.25. The van der Waals surface area contributed by atoms with Crippen LogP contribution in [0.5, 0.6) is 5.75 Å². The van der Waals surface area contributed by atoms with E-state index in [1.54, 1.807) is 35.6 Å². The number of benzene rings is 1. The van der Waals surface area contributed by atoms with Crippen LogP contribution in [0, 0.1) is 5.92 Å². The molecule has 9 nitrogen and oxygen atoms in total. The van der Waals surface area contributed by atoms with Crippen LogP contribution >= 0.6 is 0 Å². The van der Waals surface area contributed by atoms with Gasteiger partial charge in [-0.3, -0.25) is 14.6 Å². The first-order valence-electron chi connectivity index (χ1n) is 11.0. The van der Waals surface area contributed by atoms with Crippen molar-refractivity contribution >= 4 is 23.2 Å². The lowest BCUT2D eigenvalue weighted by Gasteiger charge is -2.39. The van der Waals surface area contributed by atoms with E-state index < -0.39 is 0 Å². The number of ether oxygens (including phenoxy) is 1. The lowest BCUT2D eigenvalue weighted by atomic mass is 9.98. The van der Waals surface area contributed by atoms with Crippen molar-refractivity contribution in [2.45, 2.75) is 12.5 Å². The second-order valence-corrected chi connectivity index (χ2v) is 8.21. The molecule has 3 aromatic rings. The van der Waals surface area contributed by atoms with Gasteiger partial charge < -0.3 is 19.9 Å². The molecule has 5 rings (SSSR count). The van der Waals surface area contributed by atoms with Crippen molar-refractivity contribution in [1.82, 2.24) is 20.1 Å². The molecule has 0 bridgehead atoms. The molecule has 0 radical (unpaired) electrons. The van der Waals surface area contributed by atoms with Crippen LogP contribution < -0.4 is 15.0 Å². The molecule has 4 heterocycles. The monoisotopic (exact) mass is 444 g/mol. The number of hydrogen-bond donors (Lipinski definition) is 1. The molecular formula is C24H24N6O3. The molecule has 9 heteroatoms. The van der Waals surface area contributed by atoms with E-state index in [0.717, 1.165) is 17.8 Å². The number of hydrogen-bond acceptors (Lipinski definition) is 7. The van der Waals surface area contributed by atoms with E-state index in [9.17, 15) is 9.59 Å². The van der Waals surface area contributed by atoms with Crippen molar-refractivity contribution in [2.24, 2.45) is 5.92 Å². The average molecular weight is 444 g/mol. The zero-order valence-electron chi connectivity index (χ0n) is 18.0. The summed E-state index contributed by atoms with van der Waals surface area (Å²) in [5.41, 5.74) is 2.16. The Balaban J connectivity index is 1.09. The van der Waals surface area contributed by atoms with Gasteiger partial charge >= 0.3 is 0 Å². The van der Waals surface area contributed by atoms with Crippen molar-refractivity contribution in [3.63, 3.8) is 0 Å². The van der Waals surface area contributed by atoms with Gasteiger partial charge in [-0.2, -0.15) is 10.2 Å². The van der Waals surface area contributed by atoms with Gasteiger partial charge in [0.1, 0.15) is 17.5 Å².